The Labute approximate surface area is 450 Å². The Balaban J connectivity index is 0.945. The second-order valence-corrected chi connectivity index (χ2v) is 21.1. The molecule has 2 aromatic heterocycles. The number of aromatic nitrogens is 2. The van der Waals surface area contributed by atoms with Gasteiger partial charge in [-0.05, 0) is 175 Å². The summed E-state index contributed by atoms with van der Waals surface area (Å²) in [6.45, 7) is 0. The number of benzene rings is 13. The Bertz CT molecular complexity index is 4730. The number of hydrogen-bond donors (Lipinski definition) is 0. The number of rotatable bonds is 6. The maximum atomic E-state index is 5.09. The molecule has 0 aliphatic heterocycles. The molecule has 13 aromatic carbocycles. The predicted molar refractivity (Wildman–Crippen MR) is 329 cm³/mol. The summed E-state index contributed by atoms with van der Waals surface area (Å²) in [5, 5.41) is 14.8. The fourth-order valence-electron chi connectivity index (χ4n) is 13.5. The van der Waals surface area contributed by atoms with Crippen molar-refractivity contribution in [2.75, 3.05) is 0 Å². The van der Waals surface area contributed by atoms with Crippen molar-refractivity contribution < 1.29 is 0 Å². The van der Waals surface area contributed by atoms with E-state index in [0.29, 0.717) is 0 Å². The van der Waals surface area contributed by atoms with Crippen LogP contribution in [0, 0.1) is 0 Å². The molecule has 0 N–H and O–H groups in total. The van der Waals surface area contributed by atoms with Gasteiger partial charge in [-0.15, -0.1) is 0 Å². The van der Waals surface area contributed by atoms with E-state index in [0.717, 1.165) is 11.4 Å². The highest BCUT2D eigenvalue weighted by Gasteiger charge is 2.30. The summed E-state index contributed by atoms with van der Waals surface area (Å²) < 4.78 is 0. The molecule has 2 aliphatic carbocycles. The zero-order valence-corrected chi connectivity index (χ0v) is 42.3. The number of fused-ring (bicyclic) bond motifs is 14. The molecule has 0 radical (unpaired) electrons. The lowest BCUT2D eigenvalue weighted by Crippen LogP contribution is -1.91. The molecule has 17 rings (SSSR count). The van der Waals surface area contributed by atoms with Gasteiger partial charge >= 0.3 is 0 Å². The van der Waals surface area contributed by atoms with Gasteiger partial charge in [-0.25, -0.2) is 0 Å². The maximum absolute atomic E-state index is 5.09. The molecule has 15 aromatic rings. The molecule has 2 heterocycles. The first kappa shape index (κ1) is 43.0. The van der Waals surface area contributed by atoms with Crippen LogP contribution in [0.3, 0.4) is 0 Å². The summed E-state index contributed by atoms with van der Waals surface area (Å²) in [4.78, 5) is 10.2. The summed E-state index contributed by atoms with van der Waals surface area (Å²) in [6, 6.07) is 94.6. The van der Waals surface area contributed by atoms with Crippen LogP contribution in [0.4, 0.5) is 0 Å². The maximum Gasteiger partial charge on any atom is 0.0787 e. The first-order chi connectivity index (χ1) is 38.7. The van der Waals surface area contributed by atoms with Crippen molar-refractivity contribution >= 4 is 64.6 Å². The fourth-order valence-corrected chi connectivity index (χ4v) is 13.5. The van der Waals surface area contributed by atoms with Crippen molar-refractivity contribution in [1.29, 1.82) is 0 Å². The Morgan fingerprint density at radius 2 is 0.551 bits per heavy atom. The van der Waals surface area contributed by atoms with E-state index in [-0.39, 0.29) is 0 Å². The van der Waals surface area contributed by atoms with Gasteiger partial charge in [-0.2, -0.15) is 0 Å². The molecule has 0 unspecified atom stereocenters. The van der Waals surface area contributed by atoms with Crippen molar-refractivity contribution in [2.45, 2.75) is 0 Å². The van der Waals surface area contributed by atoms with E-state index in [2.05, 4.69) is 255 Å². The summed E-state index contributed by atoms with van der Waals surface area (Å²) in [5.41, 5.74) is 23.8. The van der Waals surface area contributed by atoms with Gasteiger partial charge in [0, 0.05) is 56.5 Å². The molecule has 0 amide bonds. The van der Waals surface area contributed by atoms with Crippen LogP contribution >= 0.6 is 0 Å². The summed E-state index contributed by atoms with van der Waals surface area (Å²) >= 11 is 0. The average molecular weight is 985 g/mol. The van der Waals surface area contributed by atoms with E-state index in [1.807, 2.05) is 12.4 Å². The molecule has 0 bridgehead atoms. The average Bonchev–Trinajstić information content (AvgIpc) is 4.25. The van der Waals surface area contributed by atoms with E-state index in [1.54, 1.807) is 0 Å². The van der Waals surface area contributed by atoms with Crippen LogP contribution in [-0.4, -0.2) is 9.97 Å². The second-order valence-electron chi connectivity index (χ2n) is 21.1. The SMILES string of the molecule is c1ccc(-c2ccc3c(c2)c(-c2cccc(-c4cc5c6ccc(-c7ccccc7)c7c6c(cc5c5ccc(-c6ccccc6)cc45)-c4ncccc4-7)c2)cc2c4ccc(-c5ccccc5)c5c4c(cc32)-c2ncccc2-5)cc1. The monoisotopic (exact) mass is 984 g/mol. The van der Waals surface area contributed by atoms with E-state index >= 15 is 0 Å². The summed E-state index contributed by atoms with van der Waals surface area (Å²) in [6.07, 6.45) is 3.88. The van der Waals surface area contributed by atoms with Crippen LogP contribution in [0.5, 0.6) is 0 Å². The Hall–Kier alpha value is -10.3. The third kappa shape index (κ3) is 6.26. The quantitative estimate of drug-likeness (QED) is 0.155. The Morgan fingerprint density at radius 1 is 0.179 bits per heavy atom. The van der Waals surface area contributed by atoms with Crippen molar-refractivity contribution in [3.63, 3.8) is 0 Å². The first-order valence-electron chi connectivity index (χ1n) is 26.9. The van der Waals surface area contributed by atoms with Crippen LogP contribution < -0.4 is 0 Å². The van der Waals surface area contributed by atoms with Gasteiger partial charge < -0.3 is 0 Å². The largest absolute Gasteiger partial charge is 0.256 e. The lowest BCUT2D eigenvalue weighted by Gasteiger charge is -2.18. The minimum absolute atomic E-state index is 1.05. The third-order valence-electron chi connectivity index (χ3n) is 17.0. The molecule has 0 fully saturated rings. The van der Waals surface area contributed by atoms with Gasteiger partial charge in [0.25, 0.3) is 0 Å². The standard InChI is InChI=1S/C76H44N2/c1-5-16-45(17-6-1)49-28-30-55-63(39-49)61(41-67-57-34-32-53(47-20-9-3-10-21-47)71-59-26-14-36-77-75(59)69(73(57)71)43-65(55)67)51-24-13-25-52(38-51)62-42-68-58-35-33-54(48-22-11-4-12-23-48)72-60-27-15-37-78-76(60)70(74(58)72)44-66(68)56-31-29-50(40-64(56)62)46-18-7-2-8-19-46/h1-44H. The van der Waals surface area contributed by atoms with E-state index in [9.17, 15) is 0 Å². The molecular weight excluding hydrogens is 941 g/mol. The molecule has 78 heavy (non-hydrogen) atoms. The normalized spacial score (nSPS) is 12.1. The van der Waals surface area contributed by atoms with Crippen LogP contribution in [-0.2, 0) is 0 Å². The molecule has 2 heteroatoms. The van der Waals surface area contributed by atoms with E-state index in [1.165, 1.54) is 165 Å². The molecule has 0 saturated heterocycles. The minimum Gasteiger partial charge on any atom is -0.256 e. The highest BCUT2D eigenvalue weighted by molar-refractivity contribution is 6.32. The Morgan fingerprint density at radius 3 is 0.987 bits per heavy atom. The first-order valence-corrected chi connectivity index (χ1v) is 26.9. The van der Waals surface area contributed by atoms with Gasteiger partial charge in [0.05, 0.1) is 11.4 Å². The number of nitrogens with zero attached hydrogens (tertiary/aromatic N) is 2. The van der Waals surface area contributed by atoms with E-state index in [4.69, 9.17) is 9.97 Å². The van der Waals surface area contributed by atoms with Gasteiger partial charge in [-0.3, -0.25) is 9.97 Å². The van der Waals surface area contributed by atoms with Crippen LogP contribution in [0.15, 0.2) is 267 Å². The van der Waals surface area contributed by atoms with Crippen LogP contribution in [0.1, 0.15) is 0 Å². The van der Waals surface area contributed by atoms with Crippen molar-refractivity contribution in [3.8, 4) is 112 Å². The highest BCUT2D eigenvalue weighted by Crippen LogP contribution is 2.56. The highest BCUT2D eigenvalue weighted by atomic mass is 14.7. The molecule has 0 atom stereocenters. The Kier molecular flexibility index (Phi) is 9.16. The lowest BCUT2D eigenvalue weighted by molar-refractivity contribution is 1.35. The van der Waals surface area contributed by atoms with Gasteiger partial charge in [-0.1, -0.05) is 200 Å². The smallest absolute Gasteiger partial charge is 0.0787 e. The molecule has 2 nitrogen and oxygen atoms in total. The zero-order valence-electron chi connectivity index (χ0n) is 42.3. The molecule has 0 spiro atoms. The predicted octanol–water partition coefficient (Wildman–Crippen LogP) is 20.7. The van der Waals surface area contributed by atoms with Gasteiger partial charge in [0.2, 0.25) is 0 Å². The van der Waals surface area contributed by atoms with Crippen molar-refractivity contribution in [1.82, 2.24) is 9.97 Å². The fraction of sp³-hybridized carbons (Fsp3) is 0. The van der Waals surface area contributed by atoms with Crippen LogP contribution in [0.2, 0.25) is 0 Å². The third-order valence-corrected chi connectivity index (χ3v) is 17.0. The summed E-state index contributed by atoms with van der Waals surface area (Å²) in [5.74, 6) is 0. The number of hydrogen-bond acceptors (Lipinski definition) is 2. The van der Waals surface area contributed by atoms with Crippen molar-refractivity contribution in [2.24, 2.45) is 0 Å². The molecule has 2 aliphatic rings. The summed E-state index contributed by atoms with van der Waals surface area (Å²) in [7, 11) is 0. The zero-order chi connectivity index (χ0) is 51.0. The minimum atomic E-state index is 1.05. The second kappa shape index (κ2) is 16.6. The van der Waals surface area contributed by atoms with Gasteiger partial charge in [0.1, 0.15) is 0 Å². The van der Waals surface area contributed by atoms with E-state index < -0.39 is 0 Å². The topological polar surface area (TPSA) is 25.8 Å². The number of pyridine rings is 2. The van der Waals surface area contributed by atoms with Gasteiger partial charge in [0.15, 0.2) is 0 Å². The van der Waals surface area contributed by atoms with Crippen molar-refractivity contribution in [3.05, 3.63) is 267 Å². The molecule has 358 valence electrons. The van der Waals surface area contributed by atoms with Crippen LogP contribution in [0.25, 0.3) is 176 Å². The molecular formula is C76H44N2. The lowest BCUT2D eigenvalue weighted by atomic mass is 9.85. The molecule has 0 saturated carbocycles.